The third-order valence-corrected chi connectivity index (χ3v) is 6.70. The highest BCUT2D eigenvalue weighted by Crippen LogP contribution is 2.36. The van der Waals surface area contributed by atoms with Crippen molar-refractivity contribution in [2.24, 2.45) is 0 Å². The van der Waals surface area contributed by atoms with Gasteiger partial charge in [-0.2, -0.15) is 14.8 Å². The minimum atomic E-state index is -3.74. The maximum Gasteiger partial charge on any atom is 0.244 e. The zero-order chi connectivity index (χ0) is 17.9. The molecule has 3 rings (SSSR count). The second-order valence-electron chi connectivity index (χ2n) is 6.07. The van der Waals surface area contributed by atoms with E-state index >= 15 is 0 Å². The number of nitriles is 2. The Morgan fingerprint density at radius 1 is 0.920 bits per heavy atom. The quantitative estimate of drug-likeness (QED) is 0.851. The summed E-state index contributed by atoms with van der Waals surface area (Å²) in [6.07, 6.45) is 0.864. The maximum absolute atomic E-state index is 12.9. The van der Waals surface area contributed by atoms with Gasteiger partial charge in [0.15, 0.2) is 0 Å². The number of piperidine rings is 1. The number of hydrogen-bond donors (Lipinski definition) is 0. The van der Waals surface area contributed by atoms with Crippen molar-refractivity contribution >= 4 is 10.0 Å². The van der Waals surface area contributed by atoms with E-state index in [0.717, 1.165) is 5.56 Å². The lowest BCUT2D eigenvalue weighted by Crippen LogP contribution is -2.44. The summed E-state index contributed by atoms with van der Waals surface area (Å²) in [6.45, 7) is 0.509. The summed E-state index contributed by atoms with van der Waals surface area (Å²) in [5.74, 6) is 0. The molecule has 0 saturated carbocycles. The molecule has 0 N–H and O–H groups in total. The van der Waals surface area contributed by atoms with Gasteiger partial charge >= 0.3 is 0 Å². The van der Waals surface area contributed by atoms with E-state index in [1.807, 2.05) is 36.4 Å². The highest BCUT2D eigenvalue weighted by atomic mass is 32.2. The van der Waals surface area contributed by atoms with Crippen LogP contribution in [0.25, 0.3) is 0 Å². The Balaban J connectivity index is 1.87. The zero-order valence-corrected chi connectivity index (χ0v) is 14.4. The van der Waals surface area contributed by atoms with Crippen molar-refractivity contribution in [3.05, 3.63) is 65.7 Å². The van der Waals surface area contributed by atoms with E-state index in [0.29, 0.717) is 12.8 Å². The smallest absolute Gasteiger partial charge is 0.207 e. The Morgan fingerprint density at radius 3 is 2.12 bits per heavy atom. The molecule has 1 aliphatic heterocycles. The summed E-state index contributed by atoms with van der Waals surface area (Å²) >= 11 is 0. The van der Waals surface area contributed by atoms with Crippen molar-refractivity contribution in [1.29, 1.82) is 10.5 Å². The van der Waals surface area contributed by atoms with Gasteiger partial charge in [-0.05, 0) is 30.5 Å². The molecule has 1 aliphatic rings. The van der Waals surface area contributed by atoms with Crippen LogP contribution in [0.4, 0.5) is 0 Å². The average Bonchev–Trinajstić information content (AvgIpc) is 2.68. The third kappa shape index (κ3) is 3.02. The topological polar surface area (TPSA) is 85.0 Å². The average molecular weight is 351 g/mol. The molecule has 0 aliphatic carbocycles. The van der Waals surface area contributed by atoms with Crippen molar-refractivity contribution in [3.63, 3.8) is 0 Å². The first kappa shape index (κ1) is 17.2. The van der Waals surface area contributed by atoms with Gasteiger partial charge in [-0.15, -0.1) is 0 Å². The highest BCUT2D eigenvalue weighted by molar-refractivity contribution is 7.89. The monoisotopic (exact) mass is 351 g/mol. The molecule has 2 aromatic rings. The van der Waals surface area contributed by atoms with Gasteiger partial charge in [0, 0.05) is 13.1 Å². The molecule has 25 heavy (non-hydrogen) atoms. The lowest BCUT2D eigenvalue weighted by Gasteiger charge is -2.37. The van der Waals surface area contributed by atoms with Crippen LogP contribution in [-0.4, -0.2) is 25.8 Å². The molecule has 0 aromatic heterocycles. The fourth-order valence-corrected chi connectivity index (χ4v) is 4.84. The van der Waals surface area contributed by atoms with E-state index < -0.39 is 15.4 Å². The van der Waals surface area contributed by atoms with Gasteiger partial charge in [-0.3, -0.25) is 0 Å². The number of sulfonamides is 1. The molecule has 126 valence electrons. The van der Waals surface area contributed by atoms with E-state index in [2.05, 4.69) is 6.07 Å². The fourth-order valence-electron chi connectivity index (χ4n) is 3.25. The van der Waals surface area contributed by atoms with Crippen LogP contribution in [0.5, 0.6) is 0 Å². The Hall–Kier alpha value is -2.67. The van der Waals surface area contributed by atoms with E-state index in [-0.39, 0.29) is 23.5 Å². The maximum atomic E-state index is 12.9. The Bertz CT molecular complexity index is 948. The number of rotatable bonds is 3. The SMILES string of the molecule is N#Cc1ccccc1S(=O)(=O)N1CCC(C#N)(c2ccccc2)CC1. The number of hydrogen-bond acceptors (Lipinski definition) is 4. The van der Waals surface area contributed by atoms with Gasteiger partial charge in [0.05, 0.1) is 21.9 Å². The Kier molecular flexibility index (Phi) is 4.59. The predicted octanol–water partition coefficient (Wildman–Crippen LogP) is 2.80. The van der Waals surface area contributed by atoms with Crippen LogP contribution in [0.15, 0.2) is 59.5 Å². The summed E-state index contributed by atoms with van der Waals surface area (Å²) < 4.78 is 27.2. The third-order valence-electron chi connectivity index (χ3n) is 4.74. The zero-order valence-electron chi connectivity index (χ0n) is 13.6. The molecule has 0 spiro atoms. The number of benzene rings is 2. The largest absolute Gasteiger partial charge is 0.244 e. The van der Waals surface area contributed by atoms with Crippen molar-refractivity contribution in [1.82, 2.24) is 4.31 Å². The summed E-state index contributed by atoms with van der Waals surface area (Å²) in [5.41, 5.74) is 0.400. The van der Waals surface area contributed by atoms with Gasteiger partial charge in [0.2, 0.25) is 10.0 Å². The van der Waals surface area contributed by atoms with Crippen LogP contribution in [0.2, 0.25) is 0 Å². The molecule has 0 unspecified atom stereocenters. The van der Waals surface area contributed by atoms with E-state index in [9.17, 15) is 18.9 Å². The van der Waals surface area contributed by atoms with E-state index in [4.69, 9.17) is 0 Å². The first-order chi connectivity index (χ1) is 12.0. The summed E-state index contributed by atoms with van der Waals surface area (Å²) in [4.78, 5) is 0.0293. The van der Waals surface area contributed by atoms with Gasteiger partial charge < -0.3 is 0 Å². The number of nitrogens with zero attached hydrogens (tertiary/aromatic N) is 3. The summed E-state index contributed by atoms with van der Waals surface area (Å²) in [7, 11) is -3.74. The fraction of sp³-hybridized carbons (Fsp3) is 0.263. The lowest BCUT2D eigenvalue weighted by atomic mass is 9.74. The normalized spacial score (nSPS) is 17.4. The van der Waals surface area contributed by atoms with E-state index in [1.54, 1.807) is 12.1 Å². The lowest BCUT2D eigenvalue weighted by molar-refractivity contribution is 0.277. The molecule has 0 atom stereocenters. The van der Waals surface area contributed by atoms with Crippen LogP contribution in [0.1, 0.15) is 24.0 Å². The summed E-state index contributed by atoms with van der Waals surface area (Å²) in [5, 5.41) is 18.9. The van der Waals surface area contributed by atoms with Gasteiger partial charge in [0.1, 0.15) is 6.07 Å². The molecule has 5 nitrogen and oxygen atoms in total. The standard InChI is InChI=1S/C19H17N3O2S/c20-14-16-6-4-5-9-18(16)25(23,24)22-12-10-19(15-21,11-13-22)17-7-2-1-3-8-17/h1-9H,10-13H2. The molecule has 1 fully saturated rings. The first-order valence-electron chi connectivity index (χ1n) is 7.99. The van der Waals surface area contributed by atoms with Crippen molar-refractivity contribution in [3.8, 4) is 12.1 Å². The highest BCUT2D eigenvalue weighted by Gasteiger charge is 2.40. The van der Waals surface area contributed by atoms with Crippen molar-refractivity contribution in [2.75, 3.05) is 13.1 Å². The Labute approximate surface area is 147 Å². The van der Waals surface area contributed by atoms with Crippen LogP contribution in [0, 0.1) is 22.7 Å². The van der Waals surface area contributed by atoms with Gasteiger partial charge in [-0.1, -0.05) is 42.5 Å². The minimum absolute atomic E-state index is 0.0293. The molecular formula is C19H17N3O2S. The second kappa shape index (κ2) is 6.68. The summed E-state index contributed by atoms with van der Waals surface area (Å²) in [6, 6.07) is 20.0. The minimum Gasteiger partial charge on any atom is -0.207 e. The first-order valence-corrected chi connectivity index (χ1v) is 9.43. The molecule has 6 heteroatoms. The van der Waals surface area contributed by atoms with Crippen molar-refractivity contribution in [2.45, 2.75) is 23.2 Å². The molecule has 2 aromatic carbocycles. The van der Waals surface area contributed by atoms with Gasteiger partial charge in [-0.25, -0.2) is 8.42 Å². The molecule has 0 radical (unpaired) electrons. The predicted molar refractivity (Wildman–Crippen MR) is 92.9 cm³/mol. The van der Waals surface area contributed by atoms with Crippen LogP contribution < -0.4 is 0 Å². The molecule has 0 bridgehead atoms. The van der Waals surface area contributed by atoms with Gasteiger partial charge in [0.25, 0.3) is 0 Å². The van der Waals surface area contributed by atoms with Crippen molar-refractivity contribution < 1.29 is 8.42 Å². The molecule has 1 saturated heterocycles. The van der Waals surface area contributed by atoms with Crippen LogP contribution in [-0.2, 0) is 15.4 Å². The van der Waals surface area contributed by atoms with Crippen LogP contribution >= 0.6 is 0 Å². The molecule has 0 amide bonds. The Morgan fingerprint density at radius 2 is 1.52 bits per heavy atom. The molecule has 1 heterocycles. The second-order valence-corrected chi connectivity index (χ2v) is 7.98. The van der Waals surface area contributed by atoms with E-state index in [1.165, 1.54) is 16.4 Å². The molecular weight excluding hydrogens is 334 g/mol. The van der Waals surface area contributed by atoms with Crippen LogP contribution in [0.3, 0.4) is 0 Å².